The van der Waals surface area contributed by atoms with Crippen molar-refractivity contribution in [3.63, 3.8) is 0 Å². The Hall–Kier alpha value is -2.18. The molecule has 0 saturated carbocycles. The summed E-state index contributed by atoms with van der Waals surface area (Å²) in [5.74, 6) is -0.954. The molecule has 1 aromatic heterocycles. The van der Waals surface area contributed by atoms with Gasteiger partial charge < -0.3 is 5.32 Å². The van der Waals surface area contributed by atoms with Crippen LogP contribution in [0.5, 0.6) is 0 Å². The number of nitrogens with one attached hydrogen (secondary N) is 1. The van der Waals surface area contributed by atoms with Gasteiger partial charge in [-0.25, -0.2) is 9.37 Å². The van der Waals surface area contributed by atoms with Crippen LogP contribution in [0, 0.1) is 5.82 Å². The Morgan fingerprint density at radius 1 is 1.15 bits per heavy atom. The zero-order valence-electron chi connectivity index (χ0n) is 10.5. The van der Waals surface area contributed by atoms with Crippen molar-refractivity contribution in [2.45, 2.75) is 13.1 Å². The molecule has 2 aromatic rings. The number of benzene rings is 1. The minimum atomic E-state index is -4.75. The van der Waals surface area contributed by atoms with Gasteiger partial charge in [-0.05, 0) is 25.1 Å². The van der Waals surface area contributed by atoms with Crippen molar-refractivity contribution in [3.05, 3.63) is 42.0 Å². The van der Waals surface area contributed by atoms with E-state index in [1.165, 1.54) is 18.5 Å². The van der Waals surface area contributed by atoms with Crippen molar-refractivity contribution >= 4 is 5.82 Å². The molecule has 0 aliphatic rings. The topological polar surface area (TPSA) is 37.8 Å². The van der Waals surface area contributed by atoms with Crippen molar-refractivity contribution in [3.8, 4) is 11.3 Å². The molecule has 0 radical (unpaired) electrons. The van der Waals surface area contributed by atoms with Gasteiger partial charge in [0.05, 0.1) is 5.56 Å². The van der Waals surface area contributed by atoms with E-state index in [2.05, 4.69) is 15.3 Å². The molecule has 0 aliphatic heterocycles. The molecule has 0 unspecified atom stereocenters. The van der Waals surface area contributed by atoms with E-state index in [1.807, 2.05) is 6.92 Å². The summed E-state index contributed by atoms with van der Waals surface area (Å²) in [6, 6.07) is 2.76. The Labute approximate surface area is 112 Å². The third-order valence-electron chi connectivity index (χ3n) is 2.59. The van der Waals surface area contributed by atoms with E-state index in [-0.39, 0.29) is 11.3 Å². The predicted molar refractivity (Wildman–Crippen MR) is 66.6 cm³/mol. The first kappa shape index (κ1) is 14.2. The molecule has 0 saturated heterocycles. The van der Waals surface area contributed by atoms with Crippen LogP contribution in [0.1, 0.15) is 12.5 Å². The molecule has 1 heterocycles. The normalized spacial score (nSPS) is 11.4. The van der Waals surface area contributed by atoms with Crippen LogP contribution in [-0.4, -0.2) is 16.5 Å². The quantitative estimate of drug-likeness (QED) is 0.873. The van der Waals surface area contributed by atoms with E-state index >= 15 is 0 Å². The van der Waals surface area contributed by atoms with E-state index < -0.39 is 17.6 Å². The Morgan fingerprint density at radius 2 is 1.85 bits per heavy atom. The van der Waals surface area contributed by atoms with Gasteiger partial charge in [-0.2, -0.15) is 13.2 Å². The summed E-state index contributed by atoms with van der Waals surface area (Å²) in [6.07, 6.45) is -1.96. The third-order valence-corrected chi connectivity index (χ3v) is 2.59. The van der Waals surface area contributed by atoms with Gasteiger partial charge in [0.1, 0.15) is 11.5 Å². The molecule has 20 heavy (non-hydrogen) atoms. The number of nitrogens with zero attached hydrogens (tertiary/aromatic N) is 2. The van der Waals surface area contributed by atoms with Crippen LogP contribution in [0.2, 0.25) is 0 Å². The van der Waals surface area contributed by atoms with Crippen molar-refractivity contribution in [2.24, 2.45) is 0 Å². The number of anilines is 1. The average Bonchev–Trinajstić information content (AvgIpc) is 2.39. The Balaban J connectivity index is 2.54. The summed E-state index contributed by atoms with van der Waals surface area (Å²) in [5.41, 5.74) is -0.911. The van der Waals surface area contributed by atoms with Crippen LogP contribution in [0.25, 0.3) is 11.3 Å². The first-order valence-corrected chi connectivity index (χ1v) is 5.85. The van der Waals surface area contributed by atoms with Crippen LogP contribution in [-0.2, 0) is 6.18 Å². The minimum Gasteiger partial charge on any atom is -0.369 e. The van der Waals surface area contributed by atoms with Gasteiger partial charge in [-0.15, -0.1) is 0 Å². The molecule has 0 bridgehead atoms. The van der Waals surface area contributed by atoms with Gasteiger partial charge in [-0.3, -0.25) is 4.98 Å². The third kappa shape index (κ3) is 2.87. The van der Waals surface area contributed by atoms with E-state index in [9.17, 15) is 17.6 Å². The van der Waals surface area contributed by atoms with Gasteiger partial charge in [0.25, 0.3) is 0 Å². The first-order chi connectivity index (χ1) is 9.43. The Morgan fingerprint density at radius 3 is 2.50 bits per heavy atom. The number of rotatable bonds is 3. The molecule has 0 fully saturated rings. The molecular formula is C13H11F4N3. The number of halogens is 4. The fraction of sp³-hybridized carbons (Fsp3) is 0.231. The monoisotopic (exact) mass is 285 g/mol. The van der Waals surface area contributed by atoms with Crippen LogP contribution < -0.4 is 5.32 Å². The Bertz CT molecular complexity index is 611. The number of aromatic nitrogens is 2. The largest absolute Gasteiger partial charge is 0.419 e. The lowest BCUT2D eigenvalue weighted by atomic mass is 10.1. The highest BCUT2D eigenvalue weighted by molar-refractivity contribution is 5.71. The van der Waals surface area contributed by atoms with Crippen LogP contribution in [0.3, 0.4) is 0 Å². The van der Waals surface area contributed by atoms with Gasteiger partial charge in [0.2, 0.25) is 0 Å². The van der Waals surface area contributed by atoms with Crippen molar-refractivity contribution < 1.29 is 17.6 Å². The summed E-state index contributed by atoms with van der Waals surface area (Å²) < 4.78 is 51.4. The highest BCUT2D eigenvalue weighted by atomic mass is 19.4. The molecule has 0 amide bonds. The van der Waals surface area contributed by atoms with Crippen molar-refractivity contribution in [2.75, 3.05) is 11.9 Å². The number of hydrogen-bond donors (Lipinski definition) is 1. The molecule has 0 aliphatic carbocycles. The first-order valence-electron chi connectivity index (χ1n) is 5.85. The lowest BCUT2D eigenvalue weighted by Gasteiger charge is -2.12. The zero-order chi connectivity index (χ0) is 14.8. The minimum absolute atomic E-state index is 0.155. The SMILES string of the molecule is CCNc1nccnc1-c1ccc(F)c(C(F)(F)F)c1. The molecule has 7 heteroatoms. The smallest absolute Gasteiger partial charge is 0.369 e. The summed E-state index contributed by atoms with van der Waals surface area (Å²) >= 11 is 0. The van der Waals surface area contributed by atoms with Crippen molar-refractivity contribution in [1.29, 1.82) is 0 Å². The summed E-state index contributed by atoms with van der Waals surface area (Å²) in [6.45, 7) is 2.36. The number of hydrogen-bond acceptors (Lipinski definition) is 3. The highest BCUT2D eigenvalue weighted by Crippen LogP contribution is 2.34. The highest BCUT2D eigenvalue weighted by Gasteiger charge is 2.34. The van der Waals surface area contributed by atoms with Gasteiger partial charge >= 0.3 is 6.18 Å². The molecule has 106 valence electrons. The second kappa shape index (κ2) is 5.44. The maximum absolute atomic E-state index is 13.3. The van der Waals surface area contributed by atoms with Crippen LogP contribution in [0.15, 0.2) is 30.6 Å². The fourth-order valence-electron chi connectivity index (χ4n) is 1.74. The van der Waals surface area contributed by atoms with Gasteiger partial charge in [-0.1, -0.05) is 0 Å². The van der Waals surface area contributed by atoms with Gasteiger partial charge in [0.15, 0.2) is 5.82 Å². The van der Waals surface area contributed by atoms with E-state index in [1.54, 1.807) is 0 Å². The van der Waals surface area contributed by atoms with Crippen molar-refractivity contribution in [1.82, 2.24) is 9.97 Å². The van der Waals surface area contributed by atoms with E-state index in [0.717, 1.165) is 12.1 Å². The molecule has 1 N–H and O–H groups in total. The van der Waals surface area contributed by atoms with Crippen LogP contribution >= 0.6 is 0 Å². The second-order valence-electron chi connectivity index (χ2n) is 3.98. The zero-order valence-corrected chi connectivity index (χ0v) is 10.5. The predicted octanol–water partition coefficient (Wildman–Crippen LogP) is 3.73. The molecule has 3 nitrogen and oxygen atoms in total. The summed E-state index contributed by atoms with van der Waals surface area (Å²) in [5, 5.41) is 2.90. The lowest BCUT2D eigenvalue weighted by molar-refractivity contribution is -0.139. The molecule has 0 spiro atoms. The summed E-state index contributed by atoms with van der Waals surface area (Å²) in [7, 11) is 0. The standard InChI is InChI=1S/C13H11F4N3/c1-2-18-12-11(19-5-6-20-12)8-3-4-10(14)9(7-8)13(15,16)17/h3-7H,2H2,1H3,(H,18,20). The van der Waals surface area contributed by atoms with E-state index in [0.29, 0.717) is 12.4 Å². The molecule has 2 rings (SSSR count). The maximum Gasteiger partial charge on any atom is 0.419 e. The van der Waals surface area contributed by atoms with Gasteiger partial charge in [0, 0.05) is 24.5 Å². The molecule has 0 atom stereocenters. The Kier molecular flexibility index (Phi) is 3.87. The molecule has 1 aromatic carbocycles. The summed E-state index contributed by atoms with van der Waals surface area (Å²) in [4.78, 5) is 8.02. The second-order valence-corrected chi connectivity index (χ2v) is 3.98. The molecular weight excluding hydrogens is 274 g/mol. The van der Waals surface area contributed by atoms with E-state index in [4.69, 9.17) is 0 Å². The average molecular weight is 285 g/mol. The van der Waals surface area contributed by atoms with Crippen LogP contribution in [0.4, 0.5) is 23.4 Å². The maximum atomic E-state index is 13.3. The number of alkyl halides is 3. The fourth-order valence-corrected chi connectivity index (χ4v) is 1.74. The lowest BCUT2D eigenvalue weighted by Crippen LogP contribution is -2.09.